The number of aliphatic hydroxyl groups is 2. The molecule has 1 aromatic carbocycles. The number of carbonyl (C=O) groups is 1. The molecule has 17 heavy (non-hydrogen) atoms. The van der Waals surface area contributed by atoms with E-state index in [2.05, 4.69) is 20.7 Å². The molecule has 0 aliphatic rings. The third-order valence-corrected chi connectivity index (χ3v) is 2.95. The van der Waals surface area contributed by atoms with E-state index in [1.54, 1.807) is 0 Å². The van der Waals surface area contributed by atoms with E-state index >= 15 is 0 Å². The van der Waals surface area contributed by atoms with Crippen LogP contribution in [0.3, 0.4) is 0 Å². The Morgan fingerprint density at radius 2 is 2.12 bits per heavy atom. The Labute approximate surface area is 107 Å². The number of phenolic OH excluding ortho intramolecular Hbond substituents is 1. The topological polar surface area (TPSA) is 87.0 Å². The first-order valence-electron chi connectivity index (χ1n) is 4.84. The summed E-state index contributed by atoms with van der Waals surface area (Å²) in [7, 11) is 1.19. The lowest BCUT2D eigenvalue weighted by Gasteiger charge is -2.16. The summed E-state index contributed by atoms with van der Waals surface area (Å²) in [5.74, 6) is -0.939. The van der Waals surface area contributed by atoms with Crippen molar-refractivity contribution in [1.82, 2.24) is 0 Å². The van der Waals surface area contributed by atoms with E-state index in [4.69, 9.17) is 0 Å². The molecule has 0 amide bonds. The zero-order valence-corrected chi connectivity index (χ0v) is 10.7. The Morgan fingerprint density at radius 3 is 2.65 bits per heavy atom. The van der Waals surface area contributed by atoms with Crippen molar-refractivity contribution < 1.29 is 24.9 Å². The number of alkyl halides is 1. The SMILES string of the molecule is COC(=O)c1cc(C(O)C(O)CBr)ccc1O. The molecule has 0 fully saturated rings. The minimum absolute atomic E-state index is 0.0502. The number of aliphatic hydroxyl groups excluding tert-OH is 2. The number of hydrogen-bond acceptors (Lipinski definition) is 5. The average Bonchev–Trinajstić information content (AvgIpc) is 2.36. The molecule has 0 aliphatic heterocycles. The number of aromatic hydroxyl groups is 1. The molecule has 5 nitrogen and oxygen atoms in total. The van der Waals surface area contributed by atoms with Gasteiger partial charge in [-0.1, -0.05) is 22.0 Å². The summed E-state index contributed by atoms with van der Waals surface area (Å²) in [6.07, 6.45) is -2.14. The summed E-state index contributed by atoms with van der Waals surface area (Å²) in [6.45, 7) is 0. The maximum Gasteiger partial charge on any atom is 0.341 e. The molecule has 0 bridgehead atoms. The van der Waals surface area contributed by atoms with E-state index < -0.39 is 18.2 Å². The first-order chi connectivity index (χ1) is 8.01. The summed E-state index contributed by atoms with van der Waals surface area (Å²) < 4.78 is 4.49. The van der Waals surface area contributed by atoms with Gasteiger partial charge in [-0.05, 0) is 17.7 Å². The van der Waals surface area contributed by atoms with Gasteiger partial charge in [0.05, 0.1) is 13.2 Å². The number of phenols is 1. The van der Waals surface area contributed by atoms with Crippen molar-refractivity contribution in [2.45, 2.75) is 12.2 Å². The van der Waals surface area contributed by atoms with Crippen LogP contribution < -0.4 is 0 Å². The summed E-state index contributed by atoms with van der Waals surface area (Å²) in [5, 5.41) is 28.9. The molecule has 0 radical (unpaired) electrons. The second-order valence-corrected chi connectivity index (χ2v) is 4.08. The molecule has 1 rings (SSSR count). The lowest BCUT2D eigenvalue weighted by Crippen LogP contribution is -2.19. The Morgan fingerprint density at radius 1 is 1.47 bits per heavy atom. The molecule has 0 aliphatic carbocycles. The average molecular weight is 305 g/mol. The number of benzene rings is 1. The van der Waals surface area contributed by atoms with E-state index in [0.29, 0.717) is 5.56 Å². The van der Waals surface area contributed by atoms with E-state index in [1.807, 2.05) is 0 Å². The van der Waals surface area contributed by atoms with Gasteiger partial charge in [-0.3, -0.25) is 0 Å². The van der Waals surface area contributed by atoms with Gasteiger partial charge in [0.2, 0.25) is 0 Å². The Balaban J connectivity index is 3.08. The van der Waals surface area contributed by atoms with Gasteiger partial charge in [0.1, 0.15) is 17.4 Å². The summed E-state index contributed by atoms with van der Waals surface area (Å²) >= 11 is 3.04. The van der Waals surface area contributed by atoms with Crippen LogP contribution in [-0.2, 0) is 4.74 Å². The monoisotopic (exact) mass is 304 g/mol. The quantitative estimate of drug-likeness (QED) is 0.570. The molecule has 2 unspecified atom stereocenters. The number of carbonyl (C=O) groups excluding carboxylic acids is 1. The molecule has 0 aromatic heterocycles. The van der Waals surface area contributed by atoms with E-state index in [9.17, 15) is 20.1 Å². The van der Waals surface area contributed by atoms with Gasteiger partial charge in [0.25, 0.3) is 0 Å². The molecule has 94 valence electrons. The van der Waals surface area contributed by atoms with Crippen molar-refractivity contribution in [1.29, 1.82) is 0 Å². The third-order valence-electron chi connectivity index (χ3n) is 2.29. The van der Waals surface area contributed by atoms with Gasteiger partial charge in [0.15, 0.2) is 0 Å². The van der Waals surface area contributed by atoms with E-state index in [1.165, 1.54) is 25.3 Å². The lowest BCUT2D eigenvalue weighted by molar-refractivity contribution is 0.0340. The molecular weight excluding hydrogens is 292 g/mol. The van der Waals surface area contributed by atoms with Crippen LogP contribution in [0.4, 0.5) is 0 Å². The summed E-state index contributed by atoms with van der Waals surface area (Å²) in [4.78, 5) is 11.3. The number of rotatable bonds is 4. The minimum atomic E-state index is -1.14. The Kier molecular flexibility index (Phi) is 4.92. The standard InChI is InChI=1S/C11H13BrO5/c1-17-11(16)7-4-6(2-3-8(7)13)10(15)9(14)5-12/h2-4,9-10,13-15H,5H2,1H3. The molecule has 0 heterocycles. The first-order valence-corrected chi connectivity index (χ1v) is 5.96. The van der Waals surface area contributed by atoms with Crippen molar-refractivity contribution >= 4 is 21.9 Å². The molecule has 2 atom stereocenters. The highest BCUT2D eigenvalue weighted by Gasteiger charge is 2.20. The number of hydrogen-bond donors (Lipinski definition) is 3. The van der Waals surface area contributed by atoms with Crippen molar-refractivity contribution in [3.63, 3.8) is 0 Å². The molecule has 0 saturated carbocycles. The van der Waals surface area contributed by atoms with Crippen LogP contribution in [0, 0.1) is 0 Å². The van der Waals surface area contributed by atoms with Crippen molar-refractivity contribution in [3.8, 4) is 5.75 Å². The summed E-state index contributed by atoms with van der Waals surface area (Å²) in [5.41, 5.74) is 0.279. The predicted molar refractivity (Wildman–Crippen MR) is 64.2 cm³/mol. The highest BCUT2D eigenvalue weighted by atomic mass is 79.9. The second-order valence-electron chi connectivity index (χ2n) is 3.43. The van der Waals surface area contributed by atoms with Crippen LogP contribution in [0.15, 0.2) is 18.2 Å². The fourth-order valence-corrected chi connectivity index (χ4v) is 1.67. The van der Waals surface area contributed by atoms with Gasteiger partial charge in [-0.25, -0.2) is 4.79 Å². The summed E-state index contributed by atoms with van der Waals surface area (Å²) in [6, 6.07) is 3.99. The highest BCUT2D eigenvalue weighted by molar-refractivity contribution is 9.09. The van der Waals surface area contributed by atoms with Crippen molar-refractivity contribution in [2.75, 3.05) is 12.4 Å². The van der Waals surface area contributed by atoms with Gasteiger partial charge in [-0.2, -0.15) is 0 Å². The second kappa shape index (κ2) is 6.00. The number of esters is 1. The highest BCUT2D eigenvalue weighted by Crippen LogP contribution is 2.25. The lowest BCUT2D eigenvalue weighted by atomic mass is 10.0. The predicted octanol–water partition coefficient (Wildman–Crippen LogP) is 0.968. The number of methoxy groups -OCH3 is 1. The van der Waals surface area contributed by atoms with Crippen LogP contribution in [0.2, 0.25) is 0 Å². The molecule has 0 saturated heterocycles. The molecule has 1 aromatic rings. The van der Waals surface area contributed by atoms with Crippen molar-refractivity contribution in [3.05, 3.63) is 29.3 Å². The fraction of sp³-hybridized carbons (Fsp3) is 0.364. The molecule has 0 spiro atoms. The van der Waals surface area contributed by atoms with Gasteiger partial charge >= 0.3 is 5.97 Å². The van der Waals surface area contributed by atoms with E-state index in [0.717, 1.165) is 0 Å². The molecule has 6 heteroatoms. The number of ether oxygens (including phenoxy) is 1. The van der Waals surface area contributed by atoms with Crippen LogP contribution >= 0.6 is 15.9 Å². The zero-order chi connectivity index (χ0) is 13.0. The third kappa shape index (κ3) is 3.18. The zero-order valence-electron chi connectivity index (χ0n) is 9.13. The van der Waals surface area contributed by atoms with Gasteiger partial charge in [0, 0.05) is 5.33 Å². The smallest absolute Gasteiger partial charge is 0.341 e. The van der Waals surface area contributed by atoms with Crippen molar-refractivity contribution in [2.24, 2.45) is 0 Å². The van der Waals surface area contributed by atoms with Gasteiger partial charge < -0.3 is 20.1 Å². The Bertz CT molecular complexity index is 407. The minimum Gasteiger partial charge on any atom is -0.507 e. The Hall–Kier alpha value is -1.11. The van der Waals surface area contributed by atoms with Crippen LogP contribution in [-0.4, -0.2) is 39.8 Å². The first kappa shape index (κ1) is 14.0. The molecular formula is C11H13BrO5. The normalized spacial score (nSPS) is 14.1. The number of halogens is 1. The fourth-order valence-electron chi connectivity index (χ4n) is 1.32. The maximum atomic E-state index is 11.3. The van der Waals surface area contributed by atoms with Crippen LogP contribution in [0.5, 0.6) is 5.75 Å². The van der Waals surface area contributed by atoms with Gasteiger partial charge in [-0.15, -0.1) is 0 Å². The van der Waals surface area contributed by atoms with Crippen LogP contribution in [0.1, 0.15) is 22.0 Å². The maximum absolute atomic E-state index is 11.3. The molecule has 3 N–H and O–H groups in total. The van der Waals surface area contributed by atoms with E-state index in [-0.39, 0.29) is 16.6 Å². The van der Waals surface area contributed by atoms with Crippen LogP contribution in [0.25, 0.3) is 0 Å². The largest absolute Gasteiger partial charge is 0.507 e.